The molecule has 0 bridgehead atoms. The smallest absolute Gasteiger partial charge is 0.254 e. The van der Waals surface area contributed by atoms with Crippen molar-refractivity contribution in [1.82, 2.24) is 5.32 Å². The summed E-state index contributed by atoms with van der Waals surface area (Å²) in [5.74, 6) is -1.84. The van der Waals surface area contributed by atoms with E-state index < -0.39 is 17.5 Å². The predicted molar refractivity (Wildman–Crippen MR) is 80.3 cm³/mol. The van der Waals surface area contributed by atoms with Crippen LogP contribution >= 0.6 is 0 Å². The molecule has 1 saturated carbocycles. The van der Waals surface area contributed by atoms with Gasteiger partial charge in [0.1, 0.15) is 0 Å². The number of nitrogens with one attached hydrogen (secondary N) is 1. The van der Waals surface area contributed by atoms with Gasteiger partial charge in [-0.2, -0.15) is 0 Å². The summed E-state index contributed by atoms with van der Waals surface area (Å²) in [6.07, 6.45) is 1.02. The minimum absolute atomic E-state index is 0.175. The van der Waals surface area contributed by atoms with E-state index in [2.05, 4.69) is 12.2 Å². The lowest BCUT2D eigenvalue weighted by molar-refractivity contribution is 0.0925. The largest absolute Gasteiger partial charge is 0.345 e. The van der Waals surface area contributed by atoms with E-state index in [9.17, 15) is 13.6 Å². The number of carbonyl (C=O) groups is 1. The fourth-order valence-corrected chi connectivity index (χ4v) is 2.81. The first-order valence-corrected chi connectivity index (χ1v) is 7.37. The molecule has 114 valence electrons. The Balaban J connectivity index is 1.85. The van der Waals surface area contributed by atoms with Crippen molar-refractivity contribution in [3.63, 3.8) is 0 Å². The molecule has 0 heterocycles. The Bertz CT molecular complexity index is 687. The van der Waals surface area contributed by atoms with Gasteiger partial charge < -0.3 is 5.32 Å². The average Bonchev–Trinajstić information content (AvgIpc) is 3.25. The Hall–Kier alpha value is -2.23. The van der Waals surface area contributed by atoms with E-state index in [0.717, 1.165) is 18.1 Å². The second-order valence-electron chi connectivity index (χ2n) is 5.84. The van der Waals surface area contributed by atoms with Gasteiger partial charge in [-0.25, -0.2) is 8.78 Å². The van der Waals surface area contributed by atoms with E-state index >= 15 is 0 Å². The topological polar surface area (TPSA) is 29.1 Å². The molecule has 4 heteroatoms. The van der Waals surface area contributed by atoms with Crippen LogP contribution in [0.3, 0.4) is 0 Å². The van der Waals surface area contributed by atoms with Crippen LogP contribution < -0.4 is 5.32 Å². The molecule has 1 aliphatic carbocycles. The summed E-state index contributed by atoms with van der Waals surface area (Å²) in [6, 6.07) is 13.1. The summed E-state index contributed by atoms with van der Waals surface area (Å²) >= 11 is 0. The van der Waals surface area contributed by atoms with Crippen LogP contribution in [0.4, 0.5) is 8.78 Å². The number of hydrogen-bond acceptors (Lipinski definition) is 1. The molecule has 1 aliphatic rings. The highest BCUT2D eigenvalue weighted by atomic mass is 19.2. The van der Waals surface area contributed by atoms with Crippen LogP contribution in [0, 0.1) is 23.5 Å². The maximum absolute atomic E-state index is 13.8. The molecule has 0 spiro atoms. The monoisotopic (exact) mass is 301 g/mol. The second kappa shape index (κ2) is 5.87. The predicted octanol–water partition coefficient (Wildman–Crippen LogP) is 4.09. The van der Waals surface area contributed by atoms with Crippen LogP contribution in [0.5, 0.6) is 0 Å². The van der Waals surface area contributed by atoms with Crippen LogP contribution in [0.1, 0.15) is 35.3 Å². The van der Waals surface area contributed by atoms with Gasteiger partial charge in [-0.05, 0) is 36.0 Å². The molecule has 2 aromatic carbocycles. The molecule has 0 aliphatic heterocycles. The number of carbonyl (C=O) groups excluding carboxylic acids is 1. The fraction of sp³-hybridized carbons (Fsp3) is 0.278. The van der Waals surface area contributed by atoms with Crippen molar-refractivity contribution in [3.05, 3.63) is 71.3 Å². The molecule has 0 saturated heterocycles. The summed E-state index contributed by atoms with van der Waals surface area (Å²) in [5.41, 5.74) is 0.733. The van der Waals surface area contributed by atoms with E-state index in [4.69, 9.17) is 0 Å². The van der Waals surface area contributed by atoms with Crippen molar-refractivity contribution < 1.29 is 13.6 Å². The Morgan fingerprint density at radius 3 is 2.45 bits per heavy atom. The standard InChI is InChI=1S/C18H17F2NO/c1-11-10-14(11)17(12-6-3-2-4-7-12)21-18(22)13-8-5-9-15(19)16(13)20/h2-9,11,14,17H,10H2,1H3,(H,21,22). The van der Waals surface area contributed by atoms with Crippen molar-refractivity contribution in [2.45, 2.75) is 19.4 Å². The van der Waals surface area contributed by atoms with Crippen LogP contribution in [-0.2, 0) is 0 Å². The Morgan fingerprint density at radius 2 is 1.82 bits per heavy atom. The van der Waals surface area contributed by atoms with Crippen LogP contribution in [0.15, 0.2) is 48.5 Å². The van der Waals surface area contributed by atoms with E-state index in [0.29, 0.717) is 11.8 Å². The zero-order valence-electron chi connectivity index (χ0n) is 12.2. The second-order valence-corrected chi connectivity index (χ2v) is 5.84. The van der Waals surface area contributed by atoms with Crippen molar-refractivity contribution in [1.29, 1.82) is 0 Å². The molecule has 2 aromatic rings. The first-order valence-electron chi connectivity index (χ1n) is 7.37. The maximum atomic E-state index is 13.8. The van der Waals surface area contributed by atoms with E-state index in [-0.39, 0.29) is 11.6 Å². The number of halogens is 2. The van der Waals surface area contributed by atoms with Gasteiger partial charge >= 0.3 is 0 Å². The van der Waals surface area contributed by atoms with Gasteiger partial charge in [0.05, 0.1) is 11.6 Å². The van der Waals surface area contributed by atoms with Gasteiger partial charge in [0, 0.05) is 0 Å². The van der Waals surface area contributed by atoms with Gasteiger partial charge in [0.15, 0.2) is 11.6 Å². The highest BCUT2D eigenvalue weighted by molar-refractivity contribution is 5.94. The Kier molecular flexibility index (Phi) is 3.92. The summed E-state index contributed by atoms with van der Waals surface area (Å²) in [7, 11) is 0. The van der Waals surface area contributed by atoms with E-state index in [1.165, 1.54) is 12.1 Å². The Morgan fingerprint density at radius 1 is 1.14 bits per heavy atom. The number of amides is 1. The van der Waals surface area contributed by atoms with Gasteiger partial charge in [-0.1, -0.05) is 43.3 Å². The maximum Gasteiger partial charge on any atom is 0.254 e. The summed E-state index contributed by atoms with van der Waals surface area (Å²) in [5, 5.41) is 2.86. The molecule has 3 atom stereocenters. The van der Waals surface area contributed by atoms with E-state index in [1.807, 2.05) is 30.3 Å². The van der Waals surface area contributed by atoms with Gasteiger partial charge in [-0.3, -0.25) is 4.79 Å². The van der Waals surface area contributed by atoms with Crippen LogP contribution in [0.25, 0.3) is 0 Å². The lowest BCUT2D eigenvalue weighted by Gasteiger charge is -2.19. The van der Waals surface area contributed by atoms with Crippen molar-refractivity contribution in [2.24, 2.45) is 11.8 Å². The van der Waals surface area contributed by atoms with Gasteiger partial charge in [-0.15, -0.1) is 0 Å². The van der Waals surface area contributed by atoms with Crippen LogP contribution in [0.2, 0.25) is 0 Å². The van der Waals surface area contributed by atoms with Crippen LogP contribution in [-0.4, -0.2) is 5.91 Å². The SMILES string of the molecule is CC1CC1C(NC(=O)c1cccc(F)c1F)c1ccccc1. The normalized spacial score (nSPS) is 21.2. The van der Waals surface area contributed by atoms with Gasteiger partial charge in [0.2, 0.25) is 0 Å². The number of hydrogen-bond donors (Lipinski definition) is 1. The molecular weight excluding hydrogens is 284 g/mol. The summed E-state index contributed by atoms with van der Waals surface area (Å²) in [6.45, 7) is 2.12. The molecule has 3 unspecified atom stereocenters. The van der Waals surface area contributed by atoms with Crippen molar-refractivity contribution in [2.75, 3.05) is 0 Å². The molecule has 1 amide bonds. The highest BCUT2D eigenvalue weighted by Gasteiger charge is 2.41. The quantitative estimate of drug-likeness (QED) is 0.905. The zero-order valence-corrected chi connectivity index (χ0v) is 12.2. The van der Waals surface area contributed by atoms with Gasteiger partial charge in [0.25, 0.3) is 5.91 Å². The summed E-state index contributed by atoms with van der Waals surface area (Å²) < 4.78 is 27.0. The third kappa shape index (κ3) is 2.86. The number of benzene rings is 2. The fourth-order valence-electron chi connectivity index (χ4n) is 2.81. The molecular formula is C18H17F2NO. The molecule has 0 aromatic heterocycles. The minimum Gasteiger partial charge on any atom is -0.345 e. The first-order chi connectivity index (χ1) is 10.6. The molecule has 22 heavy (non-hydrogen) atoms. The van der Waals surface area contributed by atoms with E-state index in [1.54, 1.807) is 0 Å². The number of rotatable bonds is 4. The molecule has 1 N–H and O–H groups in total. The Labute approximate surface area is 128 Å². The highest BCUT2D eigenvalue weighted by Crippen LogP contribution is 2.47. The average molecular weight is 301 g/mol. The first kappa shape index (κ1) is 14.7. The molecule has 2 nitrogen and oxygen atoms in total. The van der Waals surface area contributed by atoms with Crippen molar-refractivity contribution >= 4 is 5.91 Å². The zero-order chi connectivity index (χ0) is 15.7. The third-order valence-electron chi connectivity index (χ3n) is 4.24. The lowest BCUT2D eigenvalue weighted by Crippen LogP contribution is -2.31. The molecule has 0 radical (unpaired) electrons. The minimum atomic E-state index is -1.10. The third-order valence-corrected chi connectivity index (χ3v) is 4.24. The summed E-state index contributed by atoms with van der Waals surface area (Å²) in [4.78, 5) is 12.3. The molecule has 3 rings (SSSR count). The lowest BCUT2D eigenvalue weighted by atomic mass is 10.0. The molecule has 1 fully saturated rings. The van der Waals surface area contributed by atoms with Crippen molar-refractivity contribution in [3.8, 4) is 0 Å².